The Labute approximate surface area is 87.3 Å². The third-order valence-corrected chi connectivity index (χ3v) is 1.96. The van der Waals surface area contributed by atoms with Crippen molar-refractivity contribution in [1.29, 1.82) is 0 Å². The van der Waals surface area contributed by atoms with Gasteiger partial charge in [0, 0.05) is 11.5 Å². The highest BCUT2D eigenvalue weighted by Crippen LogP contribution is 2.20. The predicted octanol–water partition coefficient (Wildman–Crippen LogP) is 2.44. The van der Waals surface area contributed by atoms with Crippen molar-refractivity contribution in [2.45, 2.75) is 13.3 Å². The summed E-state index contributed by atoms with van der Waals surface area (Å²) in [7, 11) is 0. The number of hydrogen-bond acceptors (Lipinski definition) is 2. The molecular weight excluding hydrogens is 204 g/mol. The number of carbonyl (C=O) groups is 1. The molecular formula is C10H11ClO3. The summed E-state index contributed by atoms with van der Waals surface area (Å²) in [6.45, 7) is 1.50. The van der Waals surface area contributed by atoms with Gasteiger partial charge in [0.1, 0.15) is 5.76 Å². The molecule has 0 saturated carbocycles. The number of rotatable bonds is 3. The van der Waals surface area contributed by atoms with Crippen molar-refractivity contribution in [3.05, 3.63) is 34.6 Å². The van der Waals surface area contributed by atoms with Crippen molar-refractivity contribution in [2.75, 3.05) is 6.61 Å². The van der Waals surface area contributed by atoms with Gasteiger partial charge in [-0.1, -0.05) is 17.7 Å². The van der Waals surface area contributed by atoms with E-state index < -0.39 is 5.97 Å². The molecule has 0 radical (unpaired) electrons. The van der Waals surface area contributed by atoms with Gasteiger partial charge in [0.05, 0.1) is 0 Å². The van der Waals surface area contributed by atoms with Crippen LogP contribution in [0.2, 0.25) is 0 Å². The highest BCUT2D eigenvalue weighted by molar-refractivity contribution is 6.29. The van der Waals surface area contributed by atoms with Crippen LogP contribution in [0.4, 0.5) is 0 Å². The predicted molar refractivity (Wildman–Crippen MR) is 54.0 cm³/mol. The lowest BCUT2D eigenvalue weighted by molar-refractivity contribution is -0.140. The maximum Gasteiger partial charge on any atom is 0.341 e. The van der Waals surface area contributed by atoms with E-state index in [-0.39, 0.29) is 6.61 Å². The molecule has 0 aromatic heterocycles. The van der Waals surface area contributed by atoms with Gasteiger partial charge in [-0.2, -0.15) is 0 Å². The molecule has 1 aliphatic carbocycles. The van der Waals surface area contributed by atoms with Crippen LogP contribution in [-0.2, 0) is 9.53 Å². The monoisotopic (exact) mass is 214 g/mol. The molecule has 1 N–H and O–H groups in total. The number of carboxylic acids is 1. The fourth-order valence-electron chi connectivity index (χ4n) is 1.08. The molecule has 0 heterocycles. The van der Waals surface area contributed by atoms with Crippen LogP contribution in [0.15, 0.2) is 34.6 Å². The highest BCUT2D eigenvalue weighted by atomic mass is 35.5. The van der Waals surface area contributed by atoms with Gasteiger partial charge < -0.3 is 9.84 Å². The Morgan fingerprint density at radius 3 is 3.07 bits per heavy atom. The molecule has 1 rings (SSSR count). The first-order valence-electron chi connectivity index (χ1n) is 4.17. The minimum absolute atomic E-state index is 0.331. The smallest absolute Gasteiger partial charge is 0.341 e. The van der Waals surface area contributed by atoms with Crippen molar-refractivity contribution in [3.8, 4) is 0 Å². The Bertz CT molecular complexity index is 326. The van der Waals surface area contributed by atoms with Crippen LogP contribution in [0.1, 0.15) is 13.3 Å². The average molecular weight is 215 g/mol. The Morgan fingerprint density at radius 1 is 1.71 bits per heavy atom. The first kappa shape index (κ1) is 10.9. The maximum absolute atomic E-state index is 10.3. The fourth-order valence-corrected chi connectivity index (χ4v) is 1.33. The van der Waals surface area contributed by atoms with E-state index in [0.717, 1.165) is 5.57 Å². The number of ether oxygens (including phenoxy) is 1. The Hall–Kier alpha value is -1.22. The van der Waals surface area contributed by atoms with E-state index in [9.17, 15) is 4.79 Å². The molecule has 4 heteroatoms. The van der Waals surface area contributed by atoms with Crippen LogP contribution in [-0.4, -0.2) is 17.7 Å². The molecule has 0 aromatic rings. The Morgan fingerprint density at radius 2 is 2.43 bits per heavy atom. The zero-order chi connectivity index (χ0) is 10.6. The van der Waals surface area contributed by atoms with E-state index in [4.69, 9.17) is 21.4 Å². The van der Waals surface area contributed by atoms with Crippen LogP contribution >= 0.6 is 11.6 Å². The average Bonchev–Trinajstić information content (AvgIpc) is 2.23. The summed E-state index contributed by atoms with van der Waals surface area (Å²) in [5, 5.41) is 9.15. The summed E-state index contributed by atoms with van der Waals surface area (Å²) in [4.78, 5) is 10.3. The van der Waals surface area contributed by atoms with E-state index in [2.05, 4.69) is 0 Å². The molecule has 0 unspecified atom stereocenters. The molecule has 0 spiro atoms. The van der Waals surface area contributed by atoms with Crippen LogP contribution in [0, 0.1) is 0 Å². The van der Waals surface area contributed by atoms with Crippen molar-refractivity contribution >= 4 is 17.6 Å². The quantitative estimate of drug-likeness (QED) is 0.785. The number of halogens is 1. The van der Waals surface area contributed by atoms with Crippen molar-refractivity contribution in [3.63, 3.8) is 0 Å². The summed E-state index contributed by atoms with van der Waals surface area (Å²) in [5.41, 5.74) is 0.838. The van der Waals surface area contributed by atoms with Gasteiger partial charge in [0.25, 0.3) is 0 Å². The molecule has 0 atom stereocenters. The van der Waals surface area contributed by atoms with Crippen LogP contribution < -0.4 is 0 Å². The third-order valence-electron chi connectivity index (χ3n) is 1.70. The summed E-state index contributed by atoms with van der Waals surface area (Å²) in [5.74, 6) is -0.430. The molecule has 0 bridgehead atoms. The summed E-state index contributed by atoms with van der Waals surface area (Å²) < 4.78 is 5.08. The third kappa shape index (κ3) is 3.26. The minimum atomic E-state index is -0.988. The van der Waals surface area contributed by atoms with Gasteiger partial charge in [-0.05, 0) is 24.6 Å². The molecule has 0 aromatic carbocycles. The zero-order valence-electron chi connectivity index (χ0n) is 7.79. The van der Waals surface area contributed by atoms with Crippen LogP contribution in [0.5, 0.6) is 0 Å². The van der Waals surface area contributed by atoms with Crippen molar-refractivity contribution in [1.82, 2.24) is 0 Å². The molecule has 14 heavy (non-hydrogen) atoms. The summed E-state index contributed by atoms with van der Waals surface area (Å²) >= 11 is 5.85. The SMILES string of the molecule is CC1=C(OCC(=O)O)C=CCC(Cl)=C1. The second-order valence-electron chi connectivity index (χ2n) is 2.93. The zero-order valence-corrected chi connectivity index (χ0v) is 8.54. The lowest BCUT2D eigenvalue weighted by Crippen LogP contribution is -2.06. The fraction of sp³-hybridized carbons (Fsp3) is 0.300. The first-order chi connectivity index (χ1) is 6.59. The number of hydrogen-bond donors (Lipinski definition) is 1. The summed E-state index contributed by atoms with van der Waals surface area (Å²) in [6, 6.07) is 0. The molecule has 1 aliphatic rings. The standard InChI is InChI=1S/C10H11ClO3/c1-7-5-8(11)3-2-4-9(7)14-6-10(12)13/h2,4-5H,3,6H2,1H3,(H,12,13). The largest absolute Gasteiger partial charge is 0.482 e. The second kappa shape index (κ2) is 4.86. The number of aliphatic carboxylic acids is 1. The number of allylic oxidation sites excluding steroid dienone is 5. The van der Waals surface area contributed by atoms with Gasteiger partial charge in [0.2, 0.25) is 0 Å². The van der Waals surface area contributed by atoms with Gasteiger partial charge >= 0.3 is 5.97 Å². The van der Waals surface area contributed by atoms with E-state index in [1.807, 2.05) is 13.0 Å². The molecule has 0 amide bonds. The Balaban J connectivity index is 2.74. The first-order valence-corrected chi connectivity index (χ1v) is 4.55. The van der Waals surface area contributed by atoms with Gasteiger partial charge in [-0.25, -0.2) is 4.79 Å². The minimum Gasteiger partial charge on any atom is -0.482 e. The second-order valence-corrected chi connectivity index (χ2v) is 3.41. The number of carboxylic acid groups (broad SMARTS) is 1. The lowest BCUT2D eigenvalue weighted by atomic mass is 10.2. The van der Waals surface area contributed by atoms with E-state index >= 15 is 0 Å². The van der Waals surface area contributed by atoms with Crippen molar-refractivity contribution < 1.29 is 14.6 Å². The van der Waals surface area contributed by atoms with Crippen LogP contribution in [0.3, 0.4) is 0 Å². The van der Waals surface area contributed by atoms with Crippen molar-refractivity contribution in [2.24, 2.45) is 0 Å². The van der Waals surface area contributed by atoms with E-state index in [1.165, 1.54) is 0 Å². The Kier molecular flexibility index (Phi) is 3.77. The van der Waals surface area contributed by atoms with Gasteiger partial charge in [0.15, 0.2) is 6.61 Å². The highest BCUT2D eigenvalue weighted by Gasteiger charge is 2.05. The molecule has 0 saturated heterocycles. The molecule has 76 valence electrons. The molecule has 0 fully saturated rings. The van der Waals surface area contributed by atoms with E-state index in [0.29, 0.717) is 17.2 Å². The van der Waals surface area contributed by atoms with Gasteiger partial charge in [-0.15, -0.1) is 0 Å². The normalized spacial score (nSPS) is 16.3. The summed E-state index contributed by atoms with van der Waals surface area (Å²) in [6.07, 6.45) is 6.01. The lowest BCUT2D eigenvalue weighted by Gasteiger charge is -2.05. The van der Waals surface area contributed by atoms with E-state index in [1.54, 1.807) is 12.2 Å². The molecule has 3 nitrogen and oxygen atoms in total. The maximum atomic E-state index is 10.3. The topological polar surface area (TPSA) is 46.5 Å². The molecule has 0 aliphatic heterocycles. The van der Waals surface area contributed by atoms with Crippen LogP contribution in [0.25, 0.3) is 0 Å². The van der Waals surface area contributed by atoms with Gasteiger partial charge in [-0.3, -0.25) is 0 Å².